The normalized spacial score (nSPS) is 18.0. The zero-order valence-electron chi connectivity index (χ0n) is 9.44. The van der Waals surface area contributed by atoms with Gasteiger partial charge in [-0.25, -0.2) is 4.98 Å². The summed E-state index contributed by atoms with van der Waals surface area (Å²) in [6, 6.07) is 0.492. The molecule has 1 atom stereocenters. The maximum absolute atomic E-state index is 5.22. The zero-order valence-corrected chi connectivity index (χ0v) is 9.44. The van der Waals surface area contributed by atoms with Crippen molar-refractivity contribution in [1.82, 2.24) is 14.9 Å². The van der Waals surface area contributed by atoms with Crippen molar-refractivity contribution < 1.29 is 4.74 Å². The fraction of sp³-hybridized carbons (Fsp3) is 0.727. The van der Waals surface area contributed by atoms with Crippen LogP contribution in [0, 0.1) is 5.92 Å². The molecule has 1 unspecified atom stereocenters. The third kappa shape index (κ3) is 2.79. The van der Waals surface area contributed by atoms with Gasteiger partial charge in [0.1, 0.15) is 5.82 Å². The van der Waals surface area contributed by atoms with E-state index in [2.05, 4.69) is 10.3 Å². The van der Waals surface area contributed by atoms with Crippen LogP contribution in [-0.2, 0) is 18.3 Å². The third-order valence-corrected chi connectivity index (χ3v) is 2.98. The molecule has 4 nitrogen and oxygen atoms in total. The maximum atomic E-state index is 5.22. The molecule has 0 saturated heterocycles. The van der Waals surface area contributed by atoms with Gasteiger partial charge in [0.25, 0.3) is 0 Å². The lowest BCUT2D eigenvalue weighted by Gasteiger charge is -2.16. The van der Waals surface area contributed by atoms with Gasteiger partial charge in [-0.2, -0.15) is 0 Å². The molecule has 4 heteroatoms. The van der Waals surface area contributed by atoms with Gasteiger partial charge in [-0.1, -0.05) is 0 Å². The standard InChI is InChI=1S/C11H19N3O/c1-14-6-5-12-11(14)7-13-10(8-15-2)9-3-4-9/h5-6,9-10,13H,3-4,7-8H2,1-2H3. The number of nitrogens with one attached hydrogen (secondary N) is 1. The first-order valence-electron chi connectivity index (χ1n) is 5.49. The number of ether oxygens (including phenoxy) is 1. The van der Waals surface area contributed by atoms with E-state index in [-0.39, 0.29) is 0 Å². The molecule has 84 valence electrons. The van der Waals surface area contributed by atoms with E-state index in [1.807, 2.05) is 24.0 Å². The van der Waals surface area contributed by atoms with Gasteiger partial charge in [0.15, 0.2) is 0 Å². The second-order valence-electron chi connectivity index (χ2n) is 4.23. The average molecular weight is 209 g/mol. The van der Waals surface area contributed by atoms with E-state index in [1.54, 1.807) is 7.11 Å². The van der Waals surface area contributed by atoms with E-state index in [0.717, 1.165) is 24.9 Å². The summed E-state index contributed by atoms with van der Waals surface area (Å²) in [6.07, 6.45) is 6.47. The molecular formula is C11H19N3O. The number of hydrogen-bond donors (Lipinski definition) is 1. The van der Waals surface area contributed by atoms with Crippen molar-refractivity contribution in [3.8, 4) is 0 Å². The summed E-state index contributed by atoms with van der Waals surface area (Å²) in [4.78, 5) is 4.29. The average Bonchev–Trinajstić information content (AvgIpc) is 2.98. The predicted octanol–water partition coefficient (Wildman–Crippen LogP) is 0.935. The van der Waals surface area contributed by atoms with Crippen LogP contribution in [0.25, 0.3) is 0 Å². The topological polar surface area (TPSA) is 39.1 Å². The minimum atomic E-state index is 0.492. The summed E-state index contributed by atoms with van der Waals surface area (Å²) in [7, 11) is 3.78. The lowest BCUT2D eigenvalue weighted by atomic mass is 10.2. The fourth-order valence-corrected chi connectivity index (χ4v) is 1.83. The summed E-state index contributed by atoms with van der Waals surface area (Å²) in [5, 5.41) is 3.52. The molecule has 0 aliphatic heterocycles. The highest BCUT2D eigenvalue weighted by Crippen LogP contribution is 2.32. The molecule has 1 heterocycles. The van der Waals surface area contributed by atoms with E-state index in [9.17, 15) is 0 Å². The molecule has 1 aromatic heterocycles. The van der Waals surface area contributed by atoms with Gasteiger partial charge in [0.2, 0.25) is 0 Å². The quantitative estimate of drug-likeness (QED) is 0.757. The van der Waals surface area contributed by atoms with E-state index >= 15 is 0 Å². The summed E-state index contributed by atoms with van der Waals surface area (Å²) in [6.45, 7) is 1.63. The molecule has 0 aromatic carbocycles. The van der Waals surface area contributed by atoms with Crippen LogP contribution < -0.4 is 5.32 Å². The van der Waals surface area contributed by atoms with Gasteiger partial charge < -0.3 is 14.6 Å². The SMILES string of the molecule is COCC(NCc1nccn1C)C1CC1. The number of rotatable bonds is 6. The van der Waals surface area contributed by atoms with Gasteiger partial charge in [-0.05, 0) is 18.8 Å². The first-order valence-corrected chi connectivity index (χ1v) is 5.49. The molecule has 1 aromatic rings. The first kappa shape index (κ1) is 10.6. The molecule has 1 N–H and O–H groups in total. The minimum Gasteiger partial charge on any atom is -0.383 e. The molecule has 1 aliphatic carbocycles. The van der Waals surface area contributed by atoms with Gasteiger partial charge in [0.05, 0.1) is 13.2 Å². The number of methoxy groups -OCH3 is 1. The van der Waals surface area contributed by atoms with Crippen molar-refractivity contribution >= 4 is 0 Å². The number of nitrogens with zero attached hydrogens (tertiary/aromatic N) is 2. The van der Waals surface area contributed by atoms with Gasteiger partial charge in [-0.3, -0.25) is 0 Å². The molecule has 0 spiro atoms. The van der Waals surface area contributed by atoms with Crippen LogP contribution in [0.4, 0.5) is 0 Å². The van der Waals surface area contributed by atoms with Crippen LogP contribution in [0.3, 0.4) is 0 Å². The van der Waals surface area contributed by atoms with Gasteiger partial charge in [-0.15, -0.1) is 0 Å². The Bertz CT molecular complexity index is 307. The Labute approximate surface area is 90.6 Å². The van der Waals surface area contributed by atoms with Crippen molar-refractivity contribution in [3.63, 3.8) is 0 Å². The van der Waals surface area contributed by atoms with Crippen LogP contribution in [0.15, 0.2) is 12.4 Å². The minimum absolute atomic E-state index is 0.492. The van der Waals surface area contributed by atoms with Crippen molar-refractivity contribution in [1.29, 1.82) is 0 Å². The van der Waals surface area contributed by atoms with Crippen molar-refractivity contribution in [2.24, 2.45) is 13.0 Å². The number of hydrogen-bond acceptors (Lipinski definition) is 3. The largest absolute Gasteiger partial charge is 0.383 e. The molecule has 1 saturated carbocycles. The summed E-state index contributed by atoms with van der Waals surface area (Å²) in [5.41, 5.74) is 0. The number of imidazole rings is 1. The van der Waals surface area contributed by atoms with E-state index in [1.165, 1.54) is 12.8 Å². The lowest BCUT2D eigenvalue weighted by molar-refractivity contribution is 0.156. The molecule has 0 radical (unpaired) electrons. The van der Waals surface area contributed by atoms with Crippen LogP contribution in [0.5, 0.6) is 0 Å². The van der Waals surface area contributed by atoms with Crippen LogP contribution in [-0.4, -0.2) is 29.3 Å². The highest BCUT2D eigenvalue weighted by molar-refractivity contribution is 4.93. The Morgan fingerprint density at radius 1 is 1.67 bits per heavy atom. The molecule has 2 rings (SSSR count). The van der Waals surface area contributed by atoms with Crippen molar-refractivity contribution in [3.05, 3.63) is 18.2 Å². The zero-order chi connectivity index (χ0) is 10.7. The highest BCUT2D eigenvalue weighted by atomic mass is 16.5. The fourth-order valence-electron chi connectivity index (χ4n) is 1.83. The molecule has 1 aliphatic rings. The summed E-state index contributed by atoms with van der Waals surface area (Å²) >= 11 is 0. The Balaban J connectivity index is 1.82. The summed E-state index contributed by atoms with van der Waals surface area (Å²) < 4.78 is 7.26. The Hall–Kier alpha value is -0.870. The van der Waals surface area contributed by atoms with Crippen LogP contribution in [0.2, 0.25) is 0 Å². The second-order valence-corrected chi connectivity index (χ2v) is 4.23. The second kappa shape index (κ2) is 4.77. The molecule has 15 heavy (non-hydrogen) atoms. The van der Waals surface area contributed by atoms with Gasteiger partial charge >= 0.3 is 0 Å². The maximum Gasteiger partial charge on any atom is 0.122 e. The summed E-state index contributed by atoms with van der Waals surface area (Å²) in [5.74, 6) is 1.89. The molecular weight excluding hydrogens is 190 g/mol. The third-order valence-electron chi connectivity index (χ3n) is 2.98. The predicted molar refractivity (Wildman–Crippen MR) is 58.4 cm³/mol. The Morgan fingerprint density at radius 2 is 2.47 bits per heavy atom. The number of aryl methyl sites for hydroxylation is 1. The first-order chi connectivity index (χ1) is 7.31. The molecule has 0 amide bonds. The number of aromatic nitrogens is 2. The Kier molecular flexibility index (Phi) is 3.38. The van der Waals surface area contributed by atoms with Crippen molar-refractivity contribution in [2.75, 3.05) is 13.7 Å². The molecule has 0 bridgehead atoms. The van der Waals surface area contributed by atoms with Crippen LogP contribution >= 0.6 is 0 Å². The van der Waals surface area contributed by atoms with Crippen LogP contribution in [0.1, 0.15) is 18.7 Å². The monoisotopic (exact) mass is 209 g/mol. The smallest absolute Gasteiger partial charge is 0.122 e. The van der Waals surface area contributed by atoms with E-state index in [0.29, 0.717) is 6.04 Å². The van der Waals surface area contributed by atoms with Gasteiger partial charge in [0, 0.05) is 32.6 Å². The van der Waals surface area contributed by atoms with Crippen molar-refractivity contribution in [2.45, 2.75) is 25.4 Å². The Morgan fingerprint density at radius 3 is 3.00 bits per heavy atom. The van der Waals surface area contributed by atoms with E-state index < -0.39 is 0 Å². The highest BCUT2D eigenvalue weighted by Gasteiger charge is 2.30. The molecule has 1 fully saturated rings. The van der Waals surface area contributed by atoms with E-state index in [4.69, 9.17) is 4.74 Å². The lowest BCUT2D eigenvalue weighted by Crippen LogP contribution is -2.35.